The molecule has 28 heavy (non-hydrogen) atoms. The van der Waals surface area contributed by atoms with E-state index >= 15 is 0 Å². The van der Waals surface area contributed by atoms with E-state index in [1.807, 2.05) is 18.3 Å². The SMILES string of the molecule is CCc1cc(C)cc(OCCn2cc(C=N)c3ccccc32)c1.c1nc[nH]n1. The van der Waals surface area contributed by atoms with Crippen molar-refractivity contribution in [2.75, 3.05) is 6.61 Å². The Labute approximate surface area is 164 Å². The van der Waals surface area contributed by atoms with E-state index in [1.54, 1.807) is 0 Å². The number of rotatable bonds is 6. The molecule has 4 aromatic rings. The number of aromatic nitrogens is 4. The molecule has 144 valence electrons. The van der Waals surface area contributed by atoms with Crippen LogP contribution in [0.3, 0.4) is 0 Å². The number of hydrogen-bond donors (Lipinski definition) is 2. The van der Waals surface area contributed by atoms with Crippen LogP contribution in [0.1, 0.15) is 23.6 Å². The first-order chi connectivity index (χ1) is 13.7. The number of hydrogen-bond acceptors (Lipinski definition) is 4. The molecule has 6 heteroatoms. The third-order valence-corrected chi connectivity index (χ3v) is 4.43. The van der Waals surface area contributed by atoms with Gasteiger partial charge in [-0.1, -0.05) is 31.2 Å². The van der Waals surface area contributed by atoms with Gasteiger partial charge in [0.05, 0.1) is 6.54 Å². The predicted molar refractivity (Wildman–Crippen MR) is 112 cm³/mol. The fourth-order valence-electron chi connectivity index (χ4n) is 3.12. The van der Waals surface area contributed by atoms with E-state index in [2.05, 4.69) is 63.9 Å². The van der Waals surface area contributed by atoms with E-state index in [9.17, 15) is 0 Å². The largest absolute Gasteiger partial charge is 0.492 e. The third-order valence-electron chi connectivity index (χ3n) is 4.43. The van der Waals surface area contributed by atoms with Crippen molar-refractivity contribution in [2.45, 2.75) is 26.8 Å². The van der Waals surface area contributed by atoms with Crippen LogP contribution in [0.15, 0.2) is 61.3 Å². The van der Waals surface area contributed by atoms with E-state index < -0.39 is 0 Å². The number of benzene rings is 2. The molecule has 4 rings (SSSR count). The minimum absolute atomic E-state index is 0.614. The summed E-state index contributed by atoms with van der Waals surface area (Å²) < 4.78 is 8.11. The highest BCUT2D eigenvalue weighted by Crippen LogP contribution is 2.21. The molecule has 6 nitrogen and oxygen atoms in total. The van der Waals surface area contributed by atoms with Crippen LogP contribution in [0.2, 0.25) is 0 Å². The number of fused-ring (bicyclic) bond motifs is 1. The Morgan fingerprint density at radius 3 is 2.75 bits per heavy atom. The van der Waals surface area contributed by atoms with Gasteiger partial charge in [0.1, 0.15) is 25.0 Å². The molecule has 2 aromatic heterocycles. The zero-order valence-electron chi connectivity index (χ0n) is 16.2. The standard InChI is InChI=1S/C20H22N2O.C2H3N3/c1-3-16-10-15(2)11-18(12-16)23-9-8-22-14-17(13-21)19-6-4-5-7-20(19)22;1-3-2-5-4-1/h4-7,10-14,21H,3,8-9H2,1-2H3;1-2H,(H,3,4,5). The summed E-state index contributed by atoms with van der Waals surface area (Å²) in [5, 5.41) is 14.7. The van der Waals surface area contributed by atoms with Crippen LogP contribution in [0.25, 0.3) is 10.9 Å². The minimum atomic E-state index is 0.614. The first-order valence-corrected chi connectivity index (χ1v) is 9.31. The van der Waals surface area contributed by atoms with Crippen molar-refractivity contribution in [3.63, 3.8) is 0 Å². The molecular weight excluding hydrogens is 350 g/mol. The van der Waals surface area contributed by atoms with Crippen molar-refractivity contribution < 1.29 is 4.74 Å². The lowest BCUT2D eigenvalue weighted by atomic mass is 10.1. The molecular formula is C22H25N5O. The van der Waals surface area contributed by atoms with Gasteiger partial charge in [-0.25, -0.2) is 4.98 Å². The number of nitrogens with zero attached hydrogens (tertiary/aromatic N) is 3. The van der Waals surface area contributed by atoms with Gasteiger partial charge in [0.15, 0.2) is 0 Å². The summed E-state index contributed by atoms with van der Waals surface area (Å²) in [6.07, 6.45) is 7.41. The summed E-state index contributed by atoms with van der Waals surface area (Å²) in [6.45, 7) is 5.64. The Kier molecular flexibility index (Phi) is 6.57. The number of para-hydroxylation sites is 1. The maximum atomic E-state index is 7.55. The second-order valence-electron chi connectivity index (χ2n) is 6.45. The van der Waals surface area contributed by atoms with Crippen LogP contribution in [-0.4, -0.2) is 32.6 Å². The smallest absolute Gasteiger partial charge is 0.137 e. The summed E-state index contributed by atoms with van der Waals surface area (Å²) in [6, 6.07) is 14.6. The monoisotopic (exact) mass is 375 g/mol. The lowest BCUT2D eigenvalue weighted by Crippen LogP contribution is -2.07. The van der Waals surface area contributed by atoms with Gasteiger partial charge in [-0.3, -0.25) is 5.10 Å². The highest BCUT2D eigenvalue weighted by atomic mass is 16.5. The first kappa shape index (κ1) is 19.4. The molecule has 0 unspecified atom stereocenters. The van der Waals surface area contributed by atoms with Crippen molar-refractivity contribution in [3.8, 4) is 5.75 Å². The van der Waals surface area contributed by atoms with E-state index in [4.69, 9.17) is 10.1 Å². The Balaban J connectivity index is 0.000000391. The van der Waals surface area contributed by atoms with Crippen LogP contribution in [0.4, 0.5) is 0 Å². The van der Waals surface area contributed by atoms with Gasteiger partial charge in [0.25, 0.3) is 0 Å². The van der Waals surface area contributed by atoms with Gasteiger partial charge in [-0.05, 0) is 42.7 Å². The lowest BCUT2D eigenvalue weighted by molar-refractivity contribution is 0.300. The molecule has 0 bridgehead atoms. The number of ether oxygens (including phenoxy) is 1. The second kappa shape index (κ2) is 9.50. The molecule has 0 atom stereocenters. The van der Waals surface area contributed by atoms with E-state index in [-0.39, 0.29) is 0 Å². The Morgan fingerprint density at radius 1 is 1.21 bits per heavy atom. The lowest BCUT2D eigenvalue weighted by Gasteiger charge is -2.10. The molecule has 0 spiro atoms. The number of H-pyrrole nitrogens is 1. The minimum Gasteiger partial charge on any atom is -0.492 e. The molecule has 0 amide bonds. The average Bonchev–Trinajstić information content (AvgIpc) is 3.40. The molecule has 2 N–H and O–H groups in total. The second-order valence-corrected chi connectivity index (χ2v) is 6.45. The highest BCUT2D eigenvalue weighted by molar-refractivity contribution is 5.98. The zero-order valence-corrected chi connectivity index (χ0v) is 16.2. The molecule has 0 saturated heterocycles. The molecule has 0 saturated carbocycles. The van der Waals surface area contributed by atoms with Gasteiger partial charge in [-0.15, -0.1) is 0 Å². The summed E-state index contributed by atoms with van der Waals surface area (Å²) in [7, 11) is 0. The number of nitrogens with one attached hydrogen (secondary N) is 2. The van der Waals surface area contributed by atoms with Gasteiger partial charge in [-0.2, -0.15) is 5.10 Å². The summed E-state index contributed by atoms with van der Waals surface area (Å²) in [5.74, 6) is 0.936. The Bertz CT molecular complexity index is 1000. The molecule has 0 radical (unpaired) electrons. The van der Waals surface area contributed by atoms with E-state index in [1.165, 1.54) is 30.0 Å². The molecule has 0 aliphatic rings. The molecule has 0 fully saturated rings. The van der Waals surface area contributed by atoms with Crippen molar-refractivity contribution in [1.82, 2.24) is 19.7 Å². The van der Waals surface area contributed by atoms with Crippen molar-refractivity contribution in [1.29, 1.82) is 5.41 Å². The molecule has 0 aliphatic carbocycles. The number of aromatic amines is 1. The summed E-state index contributed by atoms with van der Waals surface area (Å²) >= 11 is 0. The quantitative estimate of drug-likeness (QED) is 0.490. The van der Waals surface area contributed by atoms with Crippen LogP contribution < -0.4 is 4.74 Å². The van der Waals surface area contributed by atoms with Crippen LogP contribution in [-0.2, 0) is 13.0 Å². The average molecular weight is 375 g/mol. The maximum absolute atomic E-state index is 7.55. The Morgan fingerprint density at radius 2 is 2.07 bits per heavy atom. The van der Waals surface area contributed by atoms with Gasteiger partial charge >= 0.3 is 0 Å². The van der Waals surface area contributed by atoms with Crippen molar-refractivity contribution >= 4 is 17.1 Å². The van der Waals surface area contributed by atoms with E-state index in [0.717, 1.165) is 35.2 Å². The van der Waals surface area contributed by atoms with Gasteiger partial charge in [0, 0.05) is 28.9 Å². The van der Waals surface area contributed by atoms with Gasteiger partial charge < -0.3 is 14.7 Å². The van der Waals surface area contributed by atoms with Gasteiger partial charge in [0.2, 0.25) is 0 Å². The highest BCUT2D eigenvalue weighted by Gasteiger charge is 2.06. The fourth-order valence-corrected chi connectivity index (χ4v) is 3.12. The van der Waals surface area contributed by atoms with Crippen LogP contribution in [0, 0.1) is 12.3 Å². The normalized spacial score (nSPS) is 10.4. The zero-order chi connectivity index (χ0) is 19.8. The molecule has 2 aromatic carbocycles. The summed E-state index contributed by atoms with van der Waals surface area (Å²) in [4.78, 5) is 3.56. The van der Waals surface area contributed by atoms with Crippen molar-refractivity contribution in [2.24, 2.45) is 0 Å². The topological polar surface area (TPSA) is 79.6 Å². The van der Waals surface area contributed by atoms with Crippen molar-refractivity contribution in [3.05, 3.63) is 78.0 Å². The first-order valence-electron chi connectivity index (χ1n) is 9.31. The fraction of sp³-hybridized carbons (Fsp3) is 0.227. The summed E-state index contributed by atoms with van der Waals surface area (Å²) in [5.41, 5.74) is 4.63. The molecule has 0 aliphatic heterocycles. The third kappa shape index (κ3) is 4.85. The predicted octanol–water partition coefficient (Wildman–Crippen LogP) is 4.39. The Hall–Kier alpha value is -3.41. The maximum Gasteiger partial charge on any atom is 0.137 e. The number of aryl methyl sites for hydroxylation is 2. The van der Waals surface area contributed by atoms with Crippen LogP contribution in [0.5, 0.6) is 5.75 Å². The molecule has 2 heterocycles. The van der Waals surface area contributed by atoms with Crippen LogP contribution >= 0.6 is 0 Å². The van der Waals surface area contributed by atoms with E-state index in [0.29, 0.717) is 6.61 Å².